The van der Waals surface area contributed by atoms with Crippen molar-refractivity contribution >= 4 is 16.8 Å². The number of ether oxygens (including phenoxy) is 1. The van der Waals surface area contributed by atoms with Crippen molar-refractivity contribution in [1.82, 2.24) is 9.47 Å². The monoisotopic (exact) mass is 412 g/mol. The Hall–Kier alpha value is -2.30. The molecule has 3 rings (SSSR count). The molecule has 1 fully saturated rings. The van der Waals surface area contributed by atoms with Crippen LogP contribution in [0.1, 0.15) is 70.8 Å². The highest BCUT2D eigenvalue weighted by Crippen LogP contribution is 2.34. The summed E-state index contributed by atoms with van der Waals surface area (Å²) in [6.45, 7) is 7.93. The number of amides is 1. The number of pyridine rings is 1. The first kappa shape index (κ1) is 22.4. The standard InChI is InChI=1S/C25H36N2O3/c1-5-6-13-26(16-18(2)3)24(28)17-27-23-15-21(30-4)12-11-20(23)14-22(25(27)29)19-9-7-8-10-19/h11-12,14-15,18-19H,5-10,13,16-17H2,1-4H3. The summed E-state index contributed by atoms with van der Waals surface area (Å²) in [5, 5.41) is 0.995. The highest BCUT2D eigenvalue weighted by molar-refractivity contribution is 5.84. The molecule has 0 aliphatic heterocycles. The predicted octanol–water partition coefficient (Wildman–Crippen LogP) is 4.95. The van der Waals surface area contributed by atoms with Gasteiger partial charge in [-0.25, -0.2) is 0 Å². The molecule has 5 nitrogen and oxygen atoms in total. The van der Waals surface area contributed by atoms with Crippen molar-refractivity contribution < 1.29 is 9.53 Å². The molecule has 2 aromatic rings. The third-order valence-corrected chi connectivity index (χ3v) is 6.14. The van der Waals surface area contributed by atoms with Crippen LogP contribution in [0.25, 0.3) is 10.9 Å². The number of rotatable bonds is 9. The summed E-state index contributed by atoms with van der Waals surface area (Å²) in [7, 11) is 1.62. The van der Waals surface area contributed by atoms with Gasteiger partial charge in [-0.15, -0.1) is 0 Å². The molecule has 1 heterocycles. The molecule has 0 saturated heterocycles. The molecule has 1 aromatic carbocycles. The van der Waals surface area contributed by atoms with E-state index in [9.17, 15) is 9.59 Å². The molecular formula is C25H36N2O3. The van der Waals surface area contributed by atoms with Crippen LogP contribution in [0.15, 0.2) is 29.1 Å². The Bertz CT molecular complexity index is 926. The van der Waals surface area contributed by atoms with E-state index in [0.717, 1.165) is 55.2 Å². The molecule has 0 atom stereocenters. The van der Waals surface area contributed by atoms with Gasteiger partial charge in [0.15, 0.2) is 0 Å². The Balaban J connectivity index is 2.03. The van der Waals surface area contributed by atoms with Crippen LogP contribution in [0.5, 0.6) is 5.75 Å². The molecule has 1 amide bonds. The summed E-state index contributed by atoms with van der Waals surface area (Å²) in [5.41, 5.74) is 1.62. The summed E-state index contributed by atoms with van der Waals surface area (Å²) in [6, 6.07) is 7.83. The maximum Gasteiger partial charge on any atom is 0.255 e. The maximum atomic E-state index is 13.5. The number of hydrogen-bond donors (Lipinski definition) is 0. The van der Waals surface area contributed by atoms with Crippen LogP contribution >= 0.6 is 0 Å². The van der Waals surface area contributed by atoms with Crippen molar-refractivity contribution in [3.8, 4) is 5.75 Å². The second kappa shape index (κ2) is 10.1. The smallest absolute Gasteiger partial charge is 0.255 e. The van der Waals surface area contributed by atoms with Crippen LogP contribution in [-0.2, 0) is 11.3 Å². The molecule has 164 valence electrons. The van der Waals surface area contributed by atoms with Crippen molar-refractivity contribution in [2.24, 2.45) is 5.92 Å². The van der Waals surface area contributed by atoms with E-state index in [4.69, 9.17) is 4.74 Å². The molecule has 0 unspecified atom stereocenters. The summed E-state index contributed by atoms with van der Waals surface area (Å²) < 4.78 is 7.08. The highest BCUT2D eigenvalue weighted by Gasteiger charge is 2.24. The van der Waals surface area contributed by atoms with Gasteiger partial charge in [0.25, 0.3) is 5.56 Å². The van der Waals surface area contributed by atoms with Crippen LogP contribution in [0, 0.1) is 5.92 Å². The van der Waals surface area contributed by atoms with Crippen molar-refractivity contribution in [3.63, 3.8) is 0 Å². The molecule has 30 heavy (non-hydrogen) atoms. The first-order valence-corrected chi connectivity index (χ1v) is 11.4. The second-order valence-corrected chi connectivity index (χ2v) is 8.98. The molecule has 1 aromatic heterocycles. The number of hydrogen-bond acceptors (Lipinski definition) is 3. The van der Waals surface area contributed by atoms with Crippen LogP contribution in [-0.4, -0.2) is 35.6 Å². The fourth-order valence-corrected chi connectivity index (χ4v) is 4.53. The zero-order valence-electron chi connectivity index (χ0n) is 18.9. The Morgan fingerprint density at radius 2 is 1.97 bits per heavy atom. The maximum absolute atomic E-state index is 13.5. The lowest BCUT2D eigenvalue weighted by atomic mass is 9.97. The van der Waals surface area contributed by atoms with Gasteiger partial charge in [0, 0.05) is 24.7 Å². The van der Waals surface area contributed by atoms with Crippen molar-refractivity contribution in [3.05, 3.63) is 40.2 Å². The van der Waals surface area contributed by atoms with E-state index >= 15 is 0 Å². The van der Waals surface area contributed by atoms with Gasteiger partial charge >= 0.3 is 0 Å². The quantitative estimate of drug-likeness (QED) is 0.585. The van der Waals surface area contributed by atoms with Crippen molar-refractivity contribution in [2.45, 2.75) is 71.8 Å². The lowest BCUT2D eigenvalue weighted by molar-refractivity contribution is -0.132. The van der Waals surface area contributed by atoms with Crippen LogP contribution in [0.3, 0.4) is 0 Å². The predicted molar refractivity (Wildman–Crippen MR) is 122 cm³/mol. The Kier molecular flexibility index (Phi) is 7.57. The van der Waals surface area contributed by atoms with E-state index in [1.54, 1.807) is 11.7 Å². The van der Waals surface area contributed by atoms with E-state index < -0.39 is 0 Å². The average molecular weight is 413 g/mol. The van der Waals surface area contributed by atoms with Crippen LogP contribution in [0.2, 0.25) is 0 Å². The largest absolute Gasteiger partial charge is 0.497 e. The van der Waals surface area contributed by atoms with Gasteiger partial charge in [0.1, 0.15) is 12.3 Å². The van der Waals surface area contributed by atoms with Gasteiger partial charge in [0.05, 0.1) is 12.6 Å². The van der Waals surface area contributed by atoms with E-state index in [0.29, 0.717) is 17.6 Å². The average Bonchev–Trinajstić information content (AvgIpc) is 3.26. The molecular weight excluding hydrogens is 376 g/mol. The third-order valence-electron chi connectivity index (χ3n) is 6.14. The molecule has 5 heteroatoms. The number of unbranched alkanes of at least 4 members (excludes halogenated alkanes) is 1. The minimum absolute atomic E-state index is 0.0176. The zero-order chi connectivity index (χ0) is 21.7. The summed E-state index contributed by atoms with van der Waals surface area (Å²) >= 11 is 0. The number of methoxy groups -OCH3 is 1. The fourth-order valence-electron chi connectivity index (χ4n) is 4.53. The minimum atomic E-state index is -0.0176. The Morgan fingerprint density at radius 3 is 2.60 bits per heavy atom. The van der Waals surface area contributed by atoms with Gasteiger partial charge in [-0.1, -0.05) is 40.0 Å². The van der Waals surface area contributed by atoms with Gasteiger partial charge in [-0.2, -0.15) is 0 Å². The summed E-state index contributed by atoms with van der Waals surface area (Å²) in [6.07, 6.45) is 6.47. The fraction of sp³-hybridized carbons (Fsp3) is 0.600. The van der Waals surface area contributed by atoms with Gasteiger partial charge in [-0.3, -0.25) is 14.2 Å². The molecule has 0 radical (unpaired) electrons. The number of aromatic nitrogens is 1. The van der Waals surface area contributed by atoms with Gasteiger partial charge < -0.3 is 9.64 Å². The molecule has 0 N–H and O–H groups in total. The normalized spacial score (nSPS) is 14.6. The number of benzene rings is 1. The van der Waals surface area contributed by atoms with Gasteiger partial charge in [-0.05, 0) is 54.7 Å². The van der Waals surface area contributed by atoms with Gasteiger partial charge in [0.2, 0.25) is 5.91 Å². The molecule has 1 saturated carbocycles. The van der Waals surface area contributed by atoms with E-state index in [1.165, 1.54) is 12.8 Å². The van der Waals surface area contributed by atoms with E-state index in [2.05, 4.69) is 20.8 Å². The molecule has 0 spiro atoms. The highest BCUT2D eigenvalue weighted by atomic mass is 16.5. The molecule has 1 aliphatic carbocycles. The minimum Gasteiger partial charge on any atom is -0.497 e. The Labute approximate surface area is 180 Å². The third kappa shape index (κ3) is 5.05. The van der Waals surface area contributed by atoms with Crippen molar-refractivity contribution in [1.29, 1.82) is 0 Å². The first-order valence-electron chi connectivity index (χ1n) is 11.4. The van der Waals surface area contributed by atoms with E-state index in [1.807, 2.05) is 29.2 Å². The second-order valence-electron chi connectivity index (χ2n) is 8.98. The van der Waals surface area contributed by atoms with Crippen molar-refractivity contribution in [2.75, 3.05) is 20.2 Å². The number of nitrogens with zero attached hydrogens (tertiary/aromatic N) is 2. The van der Waals surface area contributed by atoms with Crippen LogP contribution < -0.4 is 10.3 Å². The number of carbonyl (C=O) groups excluding carboxylic acids is 1. The topological polar surface area (TPSA) is 51.5 Å². The summed E-state index contributed by atoms with van der Waals surface area (Å²) in [4.78, 5) is 28.7. The SMILES string of the molecule is CCCCN(CC(C)C)C(=O)Cn1c(=O)c(C2CCCC2)cc2ccc(OC)cc21. The first-order chi connectivity index (χ1) is 14.4. The molecule has 1 aliphatic rings. The summed E-state index contributed by atoms with van der Waals surface area (Å²) in [5.74, 6) is 1.41. The zero-order valence-corrected chi connectivity index (χ0v) is 18.9. The number of fused-ring (bicyclic) bond motifs is 1. The van der Waals surface area contributed by atoms with Crippen LogP contribution in [0.4, 0.5) is 0 Å². The lowest BCUT2D eigenvalue weighted by Gasteiger charge is -2.25. The lowest BCUT2D eigenvalue weighted by Crippen LogP contribution is -2.40. The van der Waals surface area contributed by atoms with E-state index in [-0.39, 0.29) is 18.0 Å². The Morgan fingerprint density at radius 1 is 1.23 bits per heavy atom. The molecule has 0 bridgehead atoms. The number of carbonyl (C=O) groups is 1.